The molecule has 1 saturated heterocycles. The molecule has 0 radical (unpaired) electrons. The van der Waals surface area contributed by atoms with Crippen molar-refractivity contribution < 1.29 is 14.3 Å². The molecule has 0 saturated carbocycles. The van der Waals surface area contributed by atoms with Crippen LogP contribution in [0.2, 0.25) is 0 Å². The standard InChI is InChI=1S/C15H22N4O3/c1-3-13-16-8-12(9-17-13)15(21)18-7-11-6-14(20)19(10-11)4-5-22-2/h8-9,11H,3-7,10H2,1-2H3,(H,18,21)/t11-/m0/s1. The Morgan fingerprint density at radius 3 is 2.82 bits per heavy atom. The Bertz CT molecular complexity index is 518. The Balaban J connectivity index is 1.80. The third-order valence-electron chi connectivity index (χ3n) is 3.69. The maximum Gasteiger partial charge on any atom is 0.254 e. The molecule has 2 heterocycles. The van der Waals surface area contributed by atoms with Crippen LogP contribution in [0.25, 0.3) is 0 Å². The van der Waals surface area contributed by atoms with E-state index in [2.05, 4.69) is 15.3 Å². The molecule has 1 aliphatic heterocycles. The molecule has 0 aliphatic carbocycles. The van der Waals surface area contributed by atoms with Crippen molar-refractivity contribution in [2.24, 2.45) is 5.92 Å². The summed E-state index contributed by atoms with van der Waals surface area (Å²) in [6, 6.07) is 0. The van der Waals surface area contributed by atoms with Crippen LogP contribution in [0, 0.1) is 5.92 Å². The molecule has 2 amide bonds. The largest absolute Gasteiger partial charge is 0.383 e. The zero-order valence-electron chi connectivity index (χ0n) is 13.0. The molecule has 0 bridgehead atoms. The summed E-state index contributed by atoms with van der Waals surface area (Å²) in [6.07, 6.45) is 4.27. The Kier molecular flexibility index (Phi) is 5.83. The first kappa shape index (κ1) is 16.4. The molecule has 1 aromatic heterocycles. The molecule has 7 nitrogen and oxygen atoms in total. The molecule has 1 atom stereocenters. The number of methoxy groups -OCH3 is 1. The van der Waals surface area contributed by atoms with Crippen LogP contribution >= 0.6 is 0 Å². The first-order valence-electron chi connectivity index (χ1n) is 7.49. The van der Waals surface area contributed by atoms with Crippen molar-refractivity contribution in [1.82, 2.24) is 20.2 Å². The second-order valence-electron chi connectivity index (χ2n) is 5.35. The van der Waals surface area contributed by atoms with Crippen LogP contribution in [0.5, 0.6) is 0 Å². The van der Waals surface area contributed by atoms with Gasteiger partial charge in [0.15, 0.2) is 0 Å². The highest BCUT2D eigenvalue weighted by Gasteiger charge is 2.29. The number of aromatic nitrogens is 2. The third-order valence-corrected chi connectivity index (χ3v) is 3.69. The number of likely N-dealkylation sites (tertiary alicyclic amines) is 1. The van der Waals surface area contributed by atoms with Crippen molar-refractivity contribution in [2.45, 2.75) is 19.8 Å². The summed E-state index contributed by atoms with van der Waals surface area (Å²) in [7, 11) is 1.62. The van der Waals surface area contributed by atoms with Crippen molar-refractivity contribution in [2.75, 3.05) is 33.4 Å². The topological polar surface area (TPSA) is 84.4 Å². The van der Waals surface area contributed by atoms with E-state index in [1.54, 1.807) is 12.0 Å². The lowest BCUT2D eigenvalue weighted by molar-refractivity contribution is -0.128. The highest BCUT2D eigenvalue weighted by atomic mass is 16.5. The minimum absolute atomic E-state index is 0.118. The van der Waals surface area contributed by atoms with Crippen LogP contribution in [-0.2, 0) is 16.0 Å². The quantitative estimate of drug-likeness (QED) is 0.781. The number of nitrogens with zero attached hydrogens (tertiary/aromatic N) is 3. The minimum Gasteiger partial charge on any atom is -0.383 e. The molecule has 1 aliphatic rings. The first-order chi connectivity index (χ1) is 10.6. The third kappa shape index (κ3) is 4.24. The van der Waals surface area contributed by atoms with Crippen LogP contribution in [-0.4, -0.2) is 60.0 Å². The fraction of sp³-hybridized carbons (Fsp3) is 0.600. The SMILES string of the molecule is CCc1ncc(C(=O)NC[C@@H]2CC(=O)N(CCOC)C2)cn1. The normalized spacial score (nSPS) is 17.8. The van der Waals surface area contributed by atoms with E-state index in [0.29, 0.717) is 44.0 Å². The summed E-state index contributed by atoms with van der Waals surface area (Å²) in [5, 5.41) is 2.85. The Morgan fingerprint density at radius 2 is 2.18 bits per heavy atom. The fourth-order valence-electron chi connectivity index (χ4n) is 2.40. The van der Waals surface area contributed by atoms with Crippen molar-refractivity contribution in [3.05, 3.63) is 23.8 Å². The fourth-order valence-corrected chi connectivity index (χ4v) is 2.40. The van der Waals surface area contributed by atoms with E-state index in [4.69, 9.17) is 4.74 Å². The number of carbonyl (C=O) groups excluding carboxylic acids is 2. The predicted octanol–water partition coefficient (Wildman–Crippen LogP) is 0.264. The van der Waals surface area contributed by atoms with Gasteiger partial charge in [-0.3, -0.25) is 9.59 Å². The average Bonchev–Trinajstić information content (AvgIpc) is 2.90. The summed E-state index contributed by atoms with van der Waals surface area (Å²) in [4.78, 5) is 33.8. The first-order valence-corrected chi connectivity index (χ1v) is 7.49. The Morgan fingerprint density at radius 1 is 1.45 bits per heavy atom. The minimum atomic E-state index is -0.203. The smallest absolute Gasteiger partial charge is 0.254 e. The van der Waals surface area contributed by atoms with E-state index in [9.17, 15) is 9.59 Å². The number of ether oxygens (including phenoxy) is 1. The summed E-state index contributed by atoms with van der Waals surface area (Å²) in [6.45, 7) is 4.23. The van der Waals surface area contributed by atoms with Gasteiger partial charge in [0.05, 0.1) is 12.2 Å². The van der Waals surface area contributed by atoms with Crippen molar-refractivity contribution in [3.8, 4) is 0 Å². The van der Waals surface area contributed by atoms with Crippen molar-refractivity contribution in [1.29, 1.82) is 0 Å². The summed E-state index contributed by atoms with van der Waals surface area (Å²) >= 11 is 0. The van der Waals surface area contributed by atoms with Gasteiger partial charge in [-0.2, -0.15) is 0 Å². The van der Waals surface area contributed by atoms with Crippen LogP contribution in [0.3, 0.4) is 0 Å². The van der Waals surface area contributed by atoms with Gasteiger partial charge in [-0.05, 0) is 0 Å². The van der Waals surface area contributed by atoms with Gasteiger partial charge >= 0.3 is 0 Å². The van der Waals surface area contributed by atoms with E-state index in [-0.39, 0.29) is 17.7 Å². The van der Waals surface area contributed by atoms with Crippen LogP contribution < -0.4 is 5.32 Å². The molecule has 1 fully saturated rings. The number of nitrogens with one attached hydrogen (secondary N) is 1. The molecule has 0 aromatic carbocycles. The molecular weight excluding hydrogens is 284 g/mol. The van der Waals surface area contributed by atoms with Crippen molar-refractivity contribution >= 4 is 11.8 Å². The van der Waals surface area contributed by atoms with Gasteiger partial charge < -0.3 is 15.0 Å². The summed E-state index contributed by atoms with van der Waals surface area (Å²) < 4.78 is 4.98. The molecule has 2 rings (SSSR count). The highest BCUT2D eigenvalue weighted by Crippen LogP contribution is 2.16. The van der Waals surface area contributed by atoms with Crippen molar-refractivity contribution in [3.63, 3.8) is 0 Å². The Labute approximate surface area is 130 Å². The van der Waals surface area contributed by atoms with Gasteiger partial charge in [0.1, 0.15) is 5.82 Å². The van der Waals surface area contributed by atoms with Gasteiger partial charge in [-0.25, -0.2) is 9.97 Å². The second kappa shape index (κ2) is 7.84. The van der Waals surface area contributed by atoms with E-state index >= 15 is 0 Å². The molecule has 0 unspecified atom stereocenters. The number of amides is 2. The van der Waals surface area contributed by atoms with E-state index in [1.807, 2.05) is 6.92 Å². The van der Waals surface area contributed by atoms with Gasteiger partial charge in [0.25, 0.3) is 5.91 Å². The lowest BCUT2D eigenvalue weighted by Crippen LogP contribution is -2.32. The zero-order chi connectivity index (χ0) is 15.9. The maximum absolute atomic E-state index is 12.0. The monoisotopic (exact) mass is 306 g/mol. The molecule has 120 valence electrons. The van der Waals surface area contributed by atoms with Crippen LogP contribution in [0.1, 0.15) is 29.5 Å². The molecular formula is C15H22N4O3. The van der Waals surface area contributed by atoms with E-state index in [0.717, 1.165) is 6.42 Å². The lowest BCUT2D eigenvalue weighted by Gasteiger charge is -2.16. The van der Waals surface area contributed by atoms with Gasteiger partial charge in [-0.1, -0.05) is 6.92 Å². The van der Waals surface area contributed by atoms with Gasteiger partial charge in [-0.15, -0.1) is 0 Å². The molecule has 22 heavy (non-hydrogen) atoms. The zero-order valence-corrected chi connectivity index (χ0v) is 13.0. The van der Waals surface area contributed by atoms with Crippen LogP contribution in [0.15, 0.2) is 12.4 Å². The maximum atomic E-state index is 12.0. The molecule has 1 aromatic rings. The van der Waals surface area contributed by atoms with E-state index < -0.39 is 0 Å². The number of carbonyl (C=O) groups is 2. The molecule has 7 heteroatoms. The lowest BCUT2D eigenvalue weighted by atomic mass is 10.1. The van der Waals surface area contributed by atoms with Gasteiger partial charge in [0, 0.05) is 57.9 Å². The highest BCUT2D eigenvalue weighted by molar-refractivity contribution is 5.93. The summed E-state index contributed by atoms with van der Waals surface area (Å²) in [5.74, 6) is 0.772. The number of hydrogen-bond acceptors (Lipinski definition) is 5. The predicted molar refractivity (Wildman–Crippen MR) is 80.3 cm³/mol. The number of rotatable bonds is 7. The summed E-state index contributed by atoms with van der Waals surface area (Å²) in [5.41, 5.74) is 0.442. The Hall–Kier alpha value is -2.02. The number of hydrogen-bond donors (Lipinski definition) is 1. The molecule has 1 N–H and O–H groups in total. The number of aryl methyl sites for hydroxylation is 1. The molecule has 0 spiro atoms. The average molecular weight is 306 g/mol. The van der Waals surface area contributed by atoms with Crippen LogP contribution in [0.4, 0.5) is 0 Å². The van der Waals surface area contributed by atoms with Gasteiger partial charge in [0.2, 0.25) is 5.91 Å². The second-order valence-corrected chi connectivity index (χ2v) is 5.35. The van der Waals surface area contributed by atoms with E-state index in [1.165, 1.54) is 12.4 Å².